The third-order valence-corrected chi connectivity index (χ3v) is 4.91. The van der Waals surface area contributed by atoms with Crippen LogP contribution >= 0.6 is 0 Å². The molecule has 0 aliphatic carbocycles. The van der Waals surface area contributed by atoms with Crippen molar-refractivity contribution in [3.63, 3.8) is 0 Å². The molecule has 1 aliphatic rings. The molecule has 2 N–H and O–H groups in total. The Morgan fingerprint density at radius 3 is 2.19 bits per heavy atom. The van der Waals surface area contributed by atoms with Crippen LogP contribution in [0, 0.1) is 0 Å². The fourth-order valence-electron chi connectivity index (χ4n) is 3.06. The Kier molecular flexibility index (Phi) is 5.58. The van der Waals surface area contributed by atoms with Crippen molar-refractivity contribution in [3.05, 3.63) is 35.8 Å². The SMILES string of the molecule is C=C(/C=C\C=C/C)S(=O)(=O)NC1CC(C)(C)NC(C)(C)C1. The molecule has 0 spiro atoms. The van der Waals surface area contributed by atoms with E-state index in [9.17, 15) is 8.42 Å². The lowest BCUT2D eigenvalue weighted by atomic mass is 9.80. The predicted octanol–water partition coefficient (Wildman–Crippen LogP) is 2.86. The van der Waals surface area contributed by atoms with Gasteiger partial charge in [0.15, 0.2) is 0 Å². The lowest BCUT2D eigenvalue weighted by Crippen LogP contribution is -2.62. The molecule has 5 heteroatoms. The molecule has 1 rings (SSSR count). The minimum absolute atomic E-state index is 0.0897. The molecule has 0 unspecified atom stereocenters. The molecule has 0 bridgehead atoms. The predicted molar refractivity (Wildman–Crippen MR) is 89.5 cm³/mol. The molecule has 0 aromatic carbocycles. The number of hydrogen-bond donors (Lipinski definition) is 2. The monoisotopic (exact) mass is 312 g/mol. The normalized spacial score (nSPS) is 22.9. The van der Waals surface area contributed by atoms with Crippen LogP contribution in [0.5, 0.6) is 0 Å². The van der Waals surface area contributed by atoms with Gasteiger partial charge in [-0.05, 0) is 53.5 Å². The maximum atomic E-state index is 12.3. The number of sulfonamides is 1. The zero-order valence-electron chi connectivity index (χ0n) is 13.7. The van der Waals surface area contributed by atoms with E-state index in [0.717, 1.165) is 12.8 Å². The maximum Gasteiger partial charge on any atom is 0.240 e. The first-order valence-corrected chi connectivity index (χ1v) is 8.76. The number of nitrogens with one attached hydrogen (secondary N) is 2. The van der Waals surface area contributed by atoms with Gasteiger partial charge in [0, 0.05) is 17.1 Å². The van der Waals surface area contributed by atoms with E-state index < -0.39 is 10.0 Å². The van der Waals surface area contributed by atoms with Gasteiger partial charge in [-0.15, -0.1) is 0 Å². The van der Waals surface area contributed by atoms with Gasteiger partial charge in [-0.25, -0.2) is 13.1 Å². The Bertz CT molecular complexity index is 527. The highest BCUT2D eigenvalue weighted by Gasteiger charge is 2.39. The van der Waals surface area contributed by atoms with E-state index in [0.29, 0.717) is 0 Å². The Balaban J connectivity index is 2.81. The first-order chi connectivity index (χ1) is 9.47. The number of allylic oxidation sites excluding steroid dienone is 4. The zero-order chi connectivity index (χ0) is 16.3. The van der Waals surface area contributed by atoms with Gasteiger partial charge >= 0.3 is 0 Å². The Morgan fingerprint density at radius 2 is 1.71 bits per heavy atom. The Labute approximate surface area is 129 Å². The average Bonchev–Trinajstić information content (AvgIpc) is 2.23. The lowest BCUT2D eigenvalue weighted by molar-refractivity contribution is 0.157. The molecule has 21 heavy (non-hydrogen) atoms. The lowest BCUT2D eigenvalue weighted by Gasteiger charge is -2.46. The summed E-state index contributed by atoms with van der Waals surface area (Å²) in [6.45, 7) is 13.9. The van der Waals surface area contributed by atoms with E-state index in [1.54, 1.807) is 12.2 Å². The second-order valence-corrected chi connectivity index (χ2v) is 8.74. The molecule has 1 fully saturated rings. The van der Waals surface area contributed by atoms with Crippen LogP contribution in [0.2, 0.25) is 0 Å². The molecule has 0 aromatic rings. The van der Waals surface area contributed by atoms with E-state index >= 15 is 0 Å². The van der Waals surface area contributed by atoms with Gasteiger partial charge in [-0.1, -0.05) is 24.8 Å². The molecule has 4 nitrogen and oxygen atoms in total. The van der Waals surface area contributed by atoms with E-state index in [-0.39, 0.29) is 22.0 Å². The minimum Gasteiger partial charge on any atom is -0.307 e. The fourth-order valence-corrected chi connectivity index (χ4v) is 4.08. The highest BCUT2D eigenvalue weighted by molar-refractivity contribution is 7.93. The summed E-state index contributed by atoms with van der Waals surface area (Å²) < 4.78 is 27.4. The average molecular weight is 312 g/mol. The molecule has 120 valence electrons. The van der Waals surface area contributed by atoms with Gasteiger partial charge in [-0.2, -0.15) is 0 Å². The summed E-state index contributed by atoms with van der Waals surface area (Å²) in [6.07, 6.45) is 8.31. The number of hydrogen-bond acceptors (Lipinski definition) is 3. The summed E-state index contributed by atoms with van der Waals surface area (Å²) in [7, 11) is -3.53. The van der Waals surface area contributed by atoms with E-state index in [1.165, 1.54) is 6.08 Å². The standard InChI is InChI=1S/C16H28N2O2S/c1-7-8-9-10-13(2)21(19,20)17-14-11-15(3,4)18-16(5,6)12-14/h7-10,14,17-18H,2,11-12H2,1,3-6H3/b8-7-,10-9-. The van der Waals surface area contributed by atoms with Crippen LogP contribution in [0.4, 0.5) is 0 Å². The van der Waals surface area contributed by atoms with Crippen molar-refractivity contribution in [1.29, 1.82) is 0 Å². The molecule has 0 radical (unpaired) electrons. The molecule has 1 saturated heterocycles. The minimum atomic E-state index is -3.53. The van der Waals surface area contributed by atoms with Crippen molar-refractivity contribution in [2.45, 2.75) is 64.6 Å². The van der Waals surface area contributed by atoms with Crippen LogP contribution < -0.4 is 10.0 Å². The highest BCUT2D eigenvalue weighted by Crippen LogP contribution is 2.29. The van der Waals surface area contributed by atoms with Crippen LogP contribution in [-0.2, 0) is 10.0 Å². The summed E-state index contributed by atoms with van der Waals surface area (Å²) in [4.78, 5) is 0.0924. The number of rotatable bonds is 5. The molecule has 1 heterocycles. The molecule has 0 atom stereocenters. The second-order valence-electron chi connectivity index (χ2n) is 6.97. The molecular formula is C16H28N2O2S. The summed E-state index contributed by atoms with van der Waals surface area (Å²) in [5.74, 6) is 0. The van der Waals surface area contributed by atoms with Crippen LogP contribution in [0.25, 0.3) is 0 Å². The van der Waals surface area contributed by atoms with E-state index in [2.05, 4.69) is 44.3 Å². The number of piperidine rings is 1. The van der Waals surface area contributed by atoms with Gasteiger partial charge in [0.2, 0.25) is 10.0 Å². The zero-order valence-corrected chi connectivity index (χ0v) is 14.5. The largest absolute Gasteiger partial charge is 0.307 e. The molecule has 0 saturated carbocycles. The van der Waals surface area contributed by atoms with Gasteiger partial charge in [0.25, 0.3) is 0 Å². The fraction of sp³-hybridized carbons (Fsp3) is 0.625. The van der Waals surface area contributed by atoms with Crippen molar-refractivity contribution < 1.29 is 8.42 Å². The first kappa shape index (κ1) is 18.1. The van der Waals surface area contributed by atoms with Gasteiger partial charge in [0.1, 0.15) is 0 Å². The maximum absolute atomic E-state index is 12.3. The molecule has 0 amide bonds. The van der Waals surface area contributed by atoms with Crippen LogP contribution in [0.15, 0.2) is 35.8 Å². The van der Waals surface area contributed by atoms with Crippen molar-refractivity contribution in [2.24, 2.45) is 0 Å². The van der Waals surface area contributed by atoms with Crippen LogP contribution in [-0.4, -0.2) is 25.5 Å². The van der Waals surface area contributed by atoms with Crippen molar-refractivity contribution in [2.75, 3.05) is 0 Å². The van der Waals surface area contributed by atoms with Crippen LogP contribution in [0.3, 0.4) is 0 Å². The third-order valence-electron chi connectivity index (χ3n) is 3.44. The summed E-state index contributed by atoms with van der Waals surface area (Å²) in [5.41, 5.74) is -0.200. The van der Waals surface area contributed by atoms with Gasteiger partial charge in [0.05, 0.1) is 4.91 Å². The topological polar surface area (TPSA) is 58.2 Å². The third kappa shape index (κ3) is 5.77. The van der Waals surface area contributed by atoms with E-state index in [4.69, 9.17) is 0 Å². The Morgan fingerprint density at radius 1 is 1.19 bits per heavy atom. The van der Waals surface area contributed by atoms with Gasteiger partial charge in [-0.3, -0.25) is 0 Å². The van der Waals surface area contributed by atoms with Gasteiger partial charge < -0.3 is 5.32 Å². The molecular weight excluding hydrogens is 284 g/mol. The second kappa shape index (κ2) is 6.46. The van der Waals surface area contributed by atoms with Crippen molar-refractivity contribution in [3.8, 4) is 0 Å². The van der Waals surface area contributed by atoms with Crippen LogP contribution in [0.1, 0.15) is 47.5 Å². The van der Waals surface area contributed by atoms with Crippen molar-refractivity contribution >= 4 is 10.0 Å². The quantitative estimate of drug-likeness (QED) is 0.768. The summed E-state index contributed by atoms with van der Waals surface area (Å²) >= 11 is 0. The Hall–Kier alpha value is -0.910. The highest BCUT2D eigenvalue weighted by atomic mass is 32.2. The van der Waals surface area contributed by atoms with Crippen molar-refractivity contribution in [1.82, 2.24) is 10.0 Å². The first-order valence-electron chi connectivity index (χ1n) is 7.27. The van der Waals surface area contributed by atoms with E-state index in [1.807, 2.05) is 13.0 Å². The molecule has 0 aromatic heterocycles. The molecule has 1 aliphatic heterocycles. The summed E-state index contributed by atoms with van der Waals surface area (Å²) in [6, 6.07) is -0.0897. The summed E-state index contributed by atoms with van der Waals surface area (Å²) in [5, 5.41) is 3.54. The smallest absolute Gasteiger partial charge is 0.240 e.